The van der Waals surface area contributed by atoms with Crippen molar-refractivity contribution in [1.82, 2.24) is 14.5 Å². The molecule has 0 unspecified atom stereocenters. The Labute approximate surface area is 296 Å². The molecule has 0 spiro atoms. The molecule has 0 radical (unpaired) electrons. The van der Waals surface area contributed by atoms with Gasteiger partial charge in [0.2, 0.25) is 0 Å². The number of hydrogen-bond donors (Lipinski definition) is 0. The fourth-order valence-electron chi connectivity index (χ4n) is 7.62. The number of aromatic nitrogens is 3. The molecule has 0 N–H and O–H groups in total. The van der Waals surface area contributed by atoms with E-state index < -0.39 is 0 Å². The summed E-state index contributed by atoms with van der Waals surface area (Å²) in [6.45, 7) is 0. The Bertz CT molecular complexity index is 2660. The molecule has 0 amide bonds. The largest absolute Gasteiger partial charge is 0.310 e. The first kappa shape index (κ1) is 29.2. The van der Waals surface area contributed by atoms with Gasteiger partial charge in [-0.05, 0) is 82.9 Å². The van der Waals surface area contributed by atoms with E-state index in [1.807, 2.05) is 6.07 Å². The highest BCUT2D eigenvalue weighted by atomic mass is 15.2. The maximum absolute atomic E-state index is 5.37. The monoisotopic (exact) mass is 652 g/mol. The Morgan fingerprint density at radius 1 is 0.392 bits per heavy atom. The zero-order valence-electron chi connectivity index (χ0n) is 27.8. The highest BCUT2D eigenvalue weighted by Crippen LogP contribution is 2.46. The second kappa shape index (κ2) is 12.0. The summed E-state index contributed by atoms with van der Waals surface area (Å²) in [5.41, 5.74) is 14.3. The van der Waals surface area contributed by atoms with Gasteiger partial charge in [-0.3, -0.25) is 4.57 Å². The van der Waals surface area contributed by atoms with E-state index in [0.29, 0.717) is 0 Å². The molecule has 0 saturated heterocycles. The number of benzene rings is 6. The SMILES string of the molecule is c1ccc(-c2cc(-c3ccccc3)nc(-c3cccc(-n4c5ccccc5c5cc6c(cc54)N(c4ccccc4)c4ccccc4C6)n3)c2)cc1. The minimum atomic E-state index is 0.825. The van der Waals surface area contributed by atoms with Crippen molar-refractivity contribution in [3.8, 4) is 39.6 Å². The molecule has 3 aromatic heterocycles. The molecule has 1 aliphatic rings. The minimum Gasteiger partial charge on any atom is -0.310 e. The van der Waals surface area contributed by atoms with Crippen molar-refractivity contribution in [2.75, 3.05) is 4.90 Å². The molecule has 10 rings (SSSR count). The van der Waals surface area contributed by atoms with Crippen LogP contribution < -0.4 is 4.90 Å². The van der Waals surface area contributed by atoms with Crippen LogP contribution in [0.2, 0.25) is 0 Å². The fraction of sp³-hybridized carbons (Fsp3) is 0.0213. The number of pyridine rings is 2. The number of para-hydroxylation sites is 3. The first-order valence-corrected chi connectivity index (χ1v) is 17.4. The van der Waals surface area contributed by atoms with E-state index in [1.165, 1.54) is 33.3 Å². The highest BCUT2D eigenvalue weighted by molar-refractivity contribution is 6.11. The van der Waals surface area contributed by atoms with Crippen LogP contribution >= 0.6 is 0 Å². The van der Waals surface area contributed by atoms with Gasteiger partial charge in [0.25, 0.3) is 0 Å². The average molecular weight is 653 g/mol. The van der Waals surface area contributed by atoms with E-state index in [-0.39, 0.29) is 0 Å². The number of rotatable bonds is 5. The van der Waals surface area contributed by atoms with Crippen molar-refractivity contribution in [3.63, 3.8) is 0 Å². The molecule has 4 nitrogen and oxygen atoms in total. The van der Waals surface area contributed by atoms with Crippen LogP contribution in [0.5, 0.6) is 0 Å². The smallest absolute Gasteiger partial charge is 0.138 e. The van der Waals surface area contributed by atoms with E-state index in [4.69, 9.17) is 9.97 Å². The van der Waals surface area contributed by atoms with E-state index >= 15 is 0 Å². The Balaban J connectivity index is 1.18. The van der Waals surface area contributed by atoms with Crippen LogP contribution in [0.15, 0.2) is 182 Å². The van der Waals surface area contributed by atoms with Crippen LogP contribution in [0.1, 0.15) is 11.1 Å². The third-order valence-electron chi connectivity index (χ3n) is 9.97. The van der Waals surface area contributed by atoms with Crippen molar-refractivity contribution >= 4 is 38.9 Å². The number of anilines is 3. The number of hydrogen-bond acceptors (Lipinski definition) is 3. The van der Waals surface area contributed by atoms with Crippen molar-refractivity contribution in [2.24, 2.45) is 0 Å². The van der Waals surface area contributed by atoms with Crippen LogP contribution in [-0.2, 0) is 6.42 Å². The second-order valence-corrected chi connectivity index (χ2v) is 13.1. The van der Waals surface area contributed by atoms with Gasteiger partial charge in [-0.2, -0.15) is 0 Å². The Kier molecular flexibility index (Phi) is 6.85. The Morgan fingerprint density at radius 2 is 1.08 bits per heavy atom. The lowest BCUT2D eigenvalue weighted by Crippen LogP contribution is -2.18. The van der Waals surface area contributed by atoms with Gasteiger partial charge in [0, 0.05) is 34.1 Å². The molecule has 0 aliphatic carbocycles. The zero-order chi connectivity index (χ0) is 33.7. The summed E-state index contributed by atoms with van der Waals surface area (Å²) in [6.07, 6.45) is 0.880. The first-order valence-electron chi connectivity index (χ1n) is 17.4. The summed E-state index contributed by atoms with van der Waals surface area (Å²) in [6, 6.07) is 64.4. The molecule has 1 aliphatic heterocycles. The molecule has 4 heterocycles. The lowest BCUT2D eigenvalue weighted by molar-refractivity contribution is 1.07. The van der Waals surface area contributed by atoms with Gasteiger partial charge < -0.3 is 4.90 Å². The predicted molar refractivity (Wildman–Crippen MR) is 210 cm³/mol. The molecule has 4 heteroatoms. The Hall–Kier alpha value is -6.78. The van der Waals surface area contributed by atoms with Crippen LogP contribution in [0.4, 0.5) is 17.1 Å². The molecule has 6 aromatic carbocycles. The molecule has 0 saturated carbocycles. The first-order chi connectivity index (χ1) is 25.3. The van der Waals surface area contributed by atoms with Gasteiger partial charge >= 0.3 is 0 Å². The number of nitrogens with zero attached hydrogens (tertiary/aromatic N) is 4. The summed E-state index contributed by atoms with van der Waals surface area (Å²) in [5, 5.41) is 2.43. The summed E-state index contributed by atoms with van der Waals surface area (Å²) in [7, 11) is 0. The van der Waals surface area contributed by atoms with Gasteiger partial charge in [-0.15, -0.1) is 0 Å². The predicted octanol–water partition coefficient (Wildman–Crippen LogP) is 11.9. The van der Waals surface area contributed by atoms with Crippen LogP contribution in [0.3, 0.4) is 0 Å². The lowest BCUT2D eigenvalue weighted by Gasteiger charge is -2.33. The van der Waals surface area contributed by atoms with E-state index in [9.17, 15) is 0 Å². The highest BCUT2D eigenvalue weighted by Gasteiger charge is 2.26. The topological polar surface area (TPSA) is 34.0 Å². The third-order valence-corrected chi connectivity index (χ3v) is 9.97. The van der Waals surface area contributed by atoms with Gasteiger partial charge in [-0.1, -0.05) is 121 Å². The van der Waals surface area contributed by atoms with E-state index in [1.54, 1.807) is 0 Å². The molecule has 0 bridgehead atoms. The molecule has 240 valence electrons. The van der Waals surface area contributed by atoms with Crippen molar-refractivity contribution in [1.29, 1.82) is 0 Å². The van der Waals surface area contributed by atoms with E-state index in [0.717, 1.165) is 62.7 Å². The molecule has 0 fully saturated rings. The van der Waals surface area contributed by atoms with Gasteiger partial charge in [0.15, 0.2) is 0 Å². The van der Waals surface area contributed by atoms with E-state index in [2.05, 4.69) is 185 Å². The molecule has 9 aromatic rings. The molecular formula is C47H32N4. The van der Waals surface area contributed by atoms with Gasteiger partial charge in [0.1, 0.15) is 5.82 Å². The number of fused-ring (bicyclic) bond motifs is 5. The minimum absolute atomic E-state index is 0.825. The average Bonchev–Trinajstić information content (AvgIpc) is 3.53. The molecule has 0 atom stereocenters. The van der Waals surface area contributed by atoms with Gasteiger partial charge in [0.05, 0.1) is 33.8 Å². The second-order valence-electron chi connectivity index (χ2n) is 13.1. The van der Waals surface area contributed by atoms with Crippen molar-refractivity contribution < 1.29 is 0 Å². The fourth-order valence-corrected chi connectivity index (χ4v) is 7.62. The summed E-state index contributed by atoms with van der Waals surface area (Å²) in [5.74, 6) is 0.856. The standard InChI is InChI=1S/C47H32N4/c1-4-15-32(16-5-1)35-29-41(33-17-6-2-7-18-33)48-42(30-35)40-23-14-26-47(49-40)51-44-25-13-11-22-38(44)39-28-36-27-34-19-10-12-24-43(34)50(45(36)31-46(39)51)37-20-8-3-9-21-37/h1-26,28-31H,27H2. The lowest BCUT2D eigenvalue weighted by atomic mass is 9.93. The van der Waals surface area contributed by atoms with Crippen molar-refractivity contribution in [2.45, 2.75) is 6.42 Å². The molecule has 51 heavy (non-hydrogen) atoms. The van der Waals surface area contributed by atoms with Gasteiger partial charge in [-0.25, -0.2) is 9.97 Å². The summed E-state index contributed by atoms with van der Waals surface area (Å²) < 4.78 is 2.32. The third kappa shape index (κ3) is 5.00. The zero-order valence-corrected chi connectivity index (χ0v) is 27.8. The van der Waals surface area contributed by atoms with Crippen LogP contribution in [0, 0.1) is 0 Å². The summed E-state index contributed by atoms with van der Waals surface area (Å²) in [4.78, 5) is 13.0. The maximum atomic E-state index is 5.37. The maximum Gasteiger partial charge on any atom is 0.138 e. The van der Waals surface area contributed by atoms with Crippen LogP contribution in [0.25, 0.3) is 61.4 Å². The molecular weight excluding hydrogens is 621 g/mol. The van der Waals surface area contributed by atoms with Crippen LogP contribution in [-0.4, -0.2) is 14.5 Å². The normalized spacial score (nSPS) is 12.2. The quantitative estimate of drug-likeness (QED) is 0.186. The Morgan fingerprint density at radius 3 is 1.90 bits per heavy atom. The van der Waals surface area contributed by atoms with Crippen molar-refractivity contribution in [3.05, 3.63) is 193 Å². The summed E-state index contributed by atoms with van der Waals surface area (Å²) >= 11 is 0.